The van der Waals surface area contributed by atoms with Crippen LogP contribution in [0.5, 0.6) is 0 Å². The summed E-state index contributed by atoms with van der Waals surface area (Å²) in [4.78, 5) is 15.6. The number of thioether (sulfide) groups is 1. The molecule has 0 aromatic heterocycles. The van der Waals surface area contributed by atoms with Gasteiger partial charge in [-0.2, -0.15) is 5.26 Å². The zero-order chi connectivity index (χ0) is 13.5. The van der Waals surface area contributed by atoms with Gasteiger partial charge in [0.2, 0.25) is 5.12 Å². The van der Waals surface area contributed by atoms with Gasteiger partial charge < -0.3 is 0 Å². The van der Waals surface area contributed by atoms with Gasteiger partial charge in [0.25, 0.3) is 0 Å². The first-order valence-corrected chi connectivity index (χ1v) is 6.53. The predicted octanol–water partition coefficient (Wildman–Crippen LogP) is 2.82. The average molecular weight is 264 g/mol. The molecule has 0 bridgehead atoms. The van der Waals surface area contributed by atoms with Crippen molar-refractivity contribution in [2.75, 3.05) is 6.26 Å². The third-order valence-electron chi connectivity index (χ3n) is 2.38. The lowest BCUT2D eigenvalue weighted by molar-refractivity contribution is -0.111. The van der Waals surface area contributed by atoms with Gasteiger partial charge in [-0.1, -0.05) is 23.9 Å². The van der Waals surface area contributed by atoms with E-state index in [1.807, 2.05) is 6.07 Å². The summed E-state index contributed by atoms with van der Waals surface area (Å²) < 4.78 is 12.9. The van der Waals surface area contributed by atoms with Crippen LogP contribution in [0.1, 0.15) is 12.5 Å². The first kappa shape index (κ1) is 14.4. The lowest BCUT2D eigenvalue weighted by Crippen LogP contribution is -2.17. The van der Waals surface area contributed by atoms with E-state index in [1.54, 1.807) is 25.3 Å². The van der Waals surface area contributed by atoms with Crippen LogP contribution in [0.15, 0.2) is 29.3 Å². The summed E-state index contributed by atoms with van der Waals surface area (Å²) >= 11 is 1.01. The number of hydrogen-bond acceptors (Lipinski definition) is 4. The Bertz CT molecular complexity index is 508. The second kappa shape index (κ2) is 6.92. The third kappa shape index (κ3) is 3.97. The van der Waals surface area contributed by atoms with Crippen LogP contribution in [0.25, 0.3) is 0 Å². The number of hydrogen-bond donors (Lipinski definition) is 0. The van der Waals surface area contributed by atoms with Crippen molar-refractivity contribution in [3.8, 4) is 6.07 Å². The van der Waals surface area contributed by atoms with Gasteiger partial charge in [0.15, 0.2) is 5.92 Å². The van der Waals surface area contributed by atoms with Gasteiger partial charge in [-0.3, -0.25) is 9.79 Å². The zero-order valence-electron chi connectivity index (χ0n) is 10.2. The number of aliphatic imine (C=N–C) groups is 1. The smallest absolute Gasteiger partial charge is 0.211 e. The molecule has 94 valence electrons. The summed E-state index contributed by atoms with van der Waals surface area (Å²) in [6.07, 6.45) is 1.63. The maximum absolute atomic E-state index is 12.9. The van der Waals surface area contributed by atoms with Crippen LogP contribution in [0.3, 0.4) is 0 Å². The minimum Gasteiger partial charge on any atom is -0.288 e. The highest BCUT2D eigenvalue weighted by molar-refractivity contribution is 8.13. The van der Waals surface area contributed by atoms with Crippen molar-refractivity contribution in [1.29, 1.82) is 5.26 Å². The van der Waals surface area contributed by atoms with Crippen LogP contribution in [-0.4, -0.2) is 17.1 Å². The van der Waals surface area contributed by atoms with E-state index >= 15 is 0 Å². The van der Waals surface area contributed by atoms with Crippen LogP contribution in [0, 0.1) is 23.1 Å². The summed E-state index contributed by atoms with van der Waals surface area (Å²) in [5.74, 6) is -1.15. The Morgan fingerprint density at radius 3 is 2.89 bits per heavy atom. The first-order valence-electron chi connectivity index (χ1n) is 5.31. The molecule has 1 atom stereocenters. The minimum absolute atomic E-state index is 0.224. The normalized spacial score (nSPS) is 12.9. The fraction of sp³-hybridized carbons (Fsp3) is 0.308. The molecule has 0 heterocycles. The lowest BCUT2D eigenvalue weighted by atomic mass is 10.1. The molecule has 0 radical (unpaired) electrons. The molecular weight excluding hydrogens is 251 g/mol. The molecule has 0 spiro atoms. The molecule has 1 unspecified atom stereocenters. The van der Waals surface area contributed by atoms with Gasteiger partial charge in [-0.25, -0.2) is 4.39 Å². The van der Waals surface area contributed by atoms with E-state index in [0.29, 0.717) is 11.3 Å². The Hall–Kier alpha value is -1.67. The van der Waals surface area contributed by atoms with E-state index in [9.17, 15) is 9.18 Å². The summed E-state index contributed by atoms with van der Waals surface area (Å²) in [7, 11) is 0. The van der Waals surface area contributed by atoms with Crippen LogP contribution in [-0.2, 0) is 11.3 Å². The Morgan fingerprint density at radius 1 is 1.61 bits per heavy atom. The first-order chi connectivity index (χ1) is 8.58. The summed E-state index contributed by atoms with van der Waals surface area (Å²) in [6, 6.07) is 8.01. The number of benzene rings is 1. The topological polar surface area (TPSA) is 53.2 Å². The van der Waals surface area contributed by atoms with E-state index in [0.717, 1.165) is 11.8 Å². The third-order valence-corrected chi connectivity index (χ3v) is 3.02. The molecule has 1 rings (SSSR count). The molecule has 0 N–H and O–H groups in total. The Balaban J connectivity index is 2.78. The van der Waals surface area contributed by atoms with E-state index in [2.05, 4.69) is 4.99 Å². The second-order valence-electron chi connectivity index (χ2n) is 3.67. The summed E-state index contributed by atoms with van der Waals surface area (Å²) in [5, 5.41) is 8.69. The molecule has 1 aromatic carbocycles. The molecule has 0 saturated heterocycles. The largest absolute Gasteiger partial charge is 0.288 e. The minimum atomic E-state index is -0.825. The van der Waals surface area contributed by atoms with Crippen molar-refractivity contribution < 1.29 is 9.18 Å². The van der Waals surface area contributed by atoms with Crippen LogP contribution in [0.4, 0.5) is 4.39 Å². The fourth-order valence-electron chi connectivity index (χ4n) is 1.38. The molecule has 0 amide bonds. The van der Waals surface area contributed by atoms with Gasteiger partial charge in [0, 0.05) is 5.71 Å². The number of nitrogens with zero attached hydrogens (tertiary/aromatic N) is 2. The molecule has 3 nitrogen and oxygen atoms in total. The van der Waals surface area contributed by atoms with Crippen LogP contribution >= 0.6 is 11.8 Å². The number of halogens is 1. The maximum atomic E-state index is 12.9. The van der Waals surface area contributed by atoms with E-state index in [1.165, 1.54) is 12.1 Å². The Labute approximate surface area is 110 Å². The van der Waals surface area contributed by atoms with E-state index in [4.69, 9.17) is 5.26 Å². The highest BCUT2D eigenvalue weighted by atomic mass is 32.2. The van der Waals surface area contributed by atoms with Gasteiger partial charge in [0.05, 0.1) is 12.6 Å². The summed E-state index contributed by atoms with van der Waals surface area (Å²) in [5.41, 5.74) is 1.17. The van der Waals surface area contributed by atoms with E-state index < -0.39 is 5.92 Å². The lowest BCUT2D eigenvalue weighted by Gasteiger charge is -2.06. The highest BCUT2D eigenvalue weighted by Gasteiger charge is 2.19. The van der Waals surface area contributed by atoms with Gasteiger partial charge >= 0.3 is 0 Å². The Kier molecular flexibility index (Phi) is 5.53. The standard InChI is InChI=1S/C13H13FN2OS/c1-9(12(7-15)13(17)18-2)16-8-10-4-3-5-11(14)6-10/h3-6,12H,8H2,1-2H3. The van der Waals surface area contributed by atoms with Crippen molar-refractivity contribution in [2.24, 2.45) is 10.9 Å². The van der Waals surface area contributed by atoms with Crippen LogP contribution < -0.4 is 0 Å². The molecule has 18 heavy (non-hydrogen) atoms. The Morgan fingerprint density at radius 2 is 2.33 bits per heavy atom. The number of carbonyl (C=O) groups is 1. The van der Waals surface area contributed by atoms with E-state index in [-0.39, 0.29) is 17.5 Å². The molecule has 1 aromatic rings. The van der Waals surface area contributed by atoms with Crippen molar-refractivity contribution >= 4 is 22.6 Å². The summed E-state index contributed by atoms with van der Waals surface area (Å²) in [6.45, 7) is 1.91. The number of rotatable bonds is 4. The fourth-order valence-corrected chi connectivity index (χ4v) is 1.84. The number of nitriles is 1. The predicted molar refractivity (Wildman–Crippen MR) is 70.8 cm³/mol. The van der Waals surface area contributed by atoms with Crippen molar-refractivity contribution in [2.45, 2.75) is 13.5 Å². The molecule has 5 heteroatoms. The average Bonchev–Trinajstić information content (AvgIpc) is 2.37. The molecule has 0 saturated carbocycles. The maximum Gasteiger partial charge on any atom is 0.211 e. The SMILES string of the molecule is CSC(=O)C(C#N)C(C)=NCc1cccc(F)c1. The molecule has 0 aliphatic carbocycles. The quantitative estimate of drug-likeness (QED) is 0.786. The molecule has 0 aliphatic heterocycles. The van der Waals surface area contributed by atoms with Gasteiger partial charge in [-0.15, -0.1) is 0 Å². The second-order valence-corrected chi connectivity index (χ2v) is 4.48. The molecular formula is C13H13FN2OS. The molecule has 0 fully saturated rings. The monoisotopic (exact) mass is 264 g/mol. The molecule has 0 aliphatic rings. The number of carbonyl (C=O) groups excluding carboxylic acids is 1. The van der Waals surface area contributed by atoms with Crippen LogP contribution in [0.2, 0.25) is 0 Å². The highest BCUT2D eigenvalue weighted by Crippen LogP contribution is 2.11. The van der Waals surface area contributed by atoms with Gasteiger partial charge in [0.1, 0.15) is 5.82 Å². The van der Waals surface area contributed by atoms with Crippen molar-refractivity contribution in [3.63, 3.8) is 0 Å². The van der Waals surface area contributed by atoms with Crippen molar-refractivity contribution in [3.05, 3.63) is 35.6 Å². The zero-order valence-corrected chi connectivity index (χ0v) is 11.0. The van der Waals surface area contributed by atoms with Gasteiger partial charge in [-0.05, 0) is 30.9 Å². The van der Waals surface area contributed by atoms with Crippen molar-refractivity contribution in [1.82, 2.24) is 0 Å².